The molecule has 0 saturated heterocycles. The van der Waals surface area contributed by atoms with Crippen molar-refractivity contribution in [1.29, 1.82) is 0 Å². The maximum atomic E-state index is 12.1. The molecule has 0 radical (unpaired) electrons. The van der Waals surface area contributed by atoms with Gasteiger partial charge in [0.2, 0.25) is 5.91 Å². The number of hydrogen-bond acceptors (Lipinski definition) is 3. The van der Waals surface area contributed by atoms with Crippen molar-refractivity contribution in [2.45, 2.75) is 46.5 Å². The molecule has 0 unspecified atom stereocenters. The average molecular weight is 289 g/mol. The van der Waals surface area contributed by atoms with Gasteiger partial charge in [0, 0.05) is 19.5 Å². The van der Waals surface area contributed by atoms with E-state index in [-0.39, 0.29) is 29.8 Å². The molecule has 0 bridgehead atoms. The van der Waals surface area contributed by atoms with Gasteiger partial charge in [-0.25, -0.2) is 8.42 Å². The van der Waals surface area contributed by atoms with Crippen LogP contribution in [0, 0.1) is 11.8 Å². The van der Waals surface area contributed by atoms with Crippen LogP contribution in [0.2, 0.25) is 0 Å². The van der Waals surface area contributed by atoms with E-state index in [1.807, 2.05) is 25.7 Å². The molecule has 4 nitrogen and oxygen atoms in total. The minimum Gasteiger partial charge on any atom is -0.342 e. The summed E-state index contributed by atoms with van der Waals surface area (Å²) in [7, 11) is -3.08. The lowest BCUT2D eigenvalue weighted by atomic mass is 10.3. The van der Waals surface area contributed by atoms with E-state index in [9.17, 15) is 13.2 Å². The molecule has 0 aromatic heterocycles. The molecule has 1 aliphatic carbocycles. The topological polar surface area (TPSA) is 54.5 Å². The van der Waals surface area contributed by atoms with Crippen LogP contribution in [-0.4, -0.2) is 43.8 Å². The van der Waals surface area contributed by atoms with E-state index < -0.39 is 9.84 Å². The van der Waals surface area contributed by atoms with Gasteiger partial charge in [0.25, 0.3) is 0 Å². The summed E-state index contributed by atoms with van der Waals surface area (Å²) < 4.78 is 23.6. The van der Waals surface area contributed by atoms with Gasteiger partial charge in [-0.3, -0.25) is 4.79 Å². The van der Waals surface area contributed by atoms with Crippen LogP contribution < -0.4 is 0 Å². The van der Waals surface area contributed by atoms with Crippen LogP contribution in [-0.2, 0) is 14.6 Å². The molecule has 1 amide bonds. The van der Waals surface area contributed by atoms with E-state index in [4.69, 9.17) is 0 Å². The van der Waals surface area contributed by atoms with Crippen LogP contribution >= 0.6 is 0 Å². The second-order valence-electron chi connectivity index (χ2n) is 6.04. The lowest BCUT2D eigenvalue weighted by molar-refractivity contribution is -0.131. The fourth-order valence-electron chi connectivity index (χ4n) is 2.19. The zero-order valence-corrected chi connectivity index (χ0v) is 13.2. The number of rotatable bonds is 9. The Balaban J connectivity index is 2.42. The monoisotopic (exact) mass is 289 g/mol. The first-order valence-corrected chi connectivity index (χ1v) is 9.14. The van der Waals surface area contributed by atoms with Crippen molar-refractivity contribution in [3.05, 3.63) is 0 Å². The highest BCUT2D eigenvalue weighted by molar-refractivity contribution is 7.91. The predicted molar refractivity (Wildman–Crippen MR) is 77.7 cm³/mol. The van der Waals surface area contributed by atoms with E-state index in [2.05, 4.69) is 0 Å². The van der Waals surface area contributed by atoms with Crippen molar-refractivity contribution < 1.29 is 13.2 Å². The molecule has 0 aromatic carbocycles. The molecule has 1 aliphatic rings. The Morgan fingerprint density at radius 2 is 1.95 bits per heavy atom. The van der Waals surface area contributed by atoms with Crippen LogP contribution in [0.5, 0.6) is 0 Å². The van der Waals surface area contributed by atoms with Gasteiger partial charge in [-0.05, 0) is 31.1 Å². The predicted octanol–water partition coefficient (Wildman–Crippen LogP) is 2.10. The third-order valence-electron chi connectivity index (χ3n) is 3.24. The molecule has 0 atom stereocenters. The second kappa shape index (κ2) is 7.27. The van der Waals surface area contributed by atoms with Crippen molar-refractivity contribution >= 4 is 15.7 Å². The van der Waals surface area contributed by atoms with Crippen LogP contribution in [0.15, 0.2) is 0 Å². The average Bonchev–Trinajstić information content (AvgIpc) is 3.07. The number of carbonyl (C=O) groups excluding carboxylic acids is 1. The first-order chi connectivity index (χ1) is 8.84. The zero-order valence-electron chi connectivity index (χ0n) is 12.4. The summed E-state index contributed by atoms with van der Waals surface area (Å²) in [6, 6.07) is 0. The maximum Gasteiger partial charge on any atom is 0.223 e. The normalized spacial score (nSPS) is 15.8. The van der Waals surface area contributed by atoms with E-state index in [1.165, 1.54) is 12.8 Å². The lowest BCUT2D eigenvalue weighted by Gasteiger charge is -2.22. The minimum absolute atomic E-state index is 0.00100. The summed E-state index contributed by atoms with van der Waals surface area (Å²) in [5.74, 6) is 0.952. The molecule has 0 heterocycles. The fourth-order valence-corrected chi connectivity index (χ4v) is 3.86. The number of carbonyl (C=O) groups is 1. The Bertz CT molecular complexity index is 385. The molecule has 19 heavy (non-hydrogen) atoms. The summed E-state index contributed by atoms with van der Waals surface area (Å²) in [5.41, 5.74) is 0. The quantitative estimate of drug-likeness (QED) is 0.653. The third kappa shape index (κ3) is 6.95. The lowest BCUT2D eigenvalue weighted by Crippen LogP contribution is -2.35. The largest absolute Gasteiger partial charge is 0.342 e. The van der Waals surface area contributed by atoms with Gasteiger partial charge in [0.05, 0.1) is 11.5 Å². The summed E-state index contributed by atoms with van der Waals surface area (Å²) in [4.78, 5) is 13.9. The fraction of sp³-hybridized carbons (Fsp3) is 0.929. The summed E-state index contributed by atoms with van der Waals surface area (Å²) in [6.45, 7) is 7.38. The van der Waals surface area contributed by atoms with Gasteiger partial charge in [0.15, 0.2) is 9.84 Å². The Labute approximate surface area is 117 Å². The van der Waals surface area contributed by atoms with E-state index in [0.29, 0.717) is 5.92 Å². The number of hydrogen-bond donors (Lipinski definition) is 0. The summed E-state index contributed by atoms with van der Waals surface area (Å²) in [5, 5.41) is 0. The molecule has 0 aromatic rings. The van der Waals surface area contributed by atoms with Crippen LogP contribution in [0.3, 0.4) is 0 Å². The van der Waals surface area contributed by atoms with Gasteiger partial charge < -0.3 is 4.90 Å². The van der Waals surface area contributed by atoms with E-state index >= 15 is 0 Å². The van der Waals surface area contributed by atoms with Crippen molar-refractivity contribution in [3.63, 3.8) is 0 Å². The zero-order chi connectivity index (χ0) is 14.5. The standard InChI is InChI=1S/C14H27NO3S/c1-4-8-15(10-13-5-6-13)14(16)7-9-19(17,18)11-12(2)3/h12-13H,4-11H2,1-3H3. The molecule has 1 saturated carbocycles. The van der Waals surface area contributed by atoms with Crippen molar-refractivity contribution in [3.8, 4) is 0 Å². The second-order valence-corrected chi connectivity index (χ2v) is 8.27. The van der Waals surface area contributed by atoms with Gasteiger partial charge in [0.1, 0.15) is 0 Å². The highest BCUT2D eigenvalue weighted by Crippen LogP contribution is 2.29. The highest BCUT2D eigenvalue weighted by Gasteiger charge is 2.27. The molecule has 0 aliphatic heterocycles. The maximum absolute atomic E-state index is 12.1. The Hall–Kier alpha value is -0.580. The van der Waals surface area contributed by atoms with Crippen molar-refractivity contribution in [2.75, 3.05) is 24.6 Å². The molecule has 1 rings (SSSR count). The molecule has 1 fully saturated rings. The number of sulfone groups is 1. The van der Waals surface area contributed by atoms with Crippen molar-refractivity contribution in [2.24, 2.45) is 11.8 Å². The summed E-state index contributed by atoms with van der Waals surface area (Å²) >= 11 is 0. The van der Waals surface area contributed by atoms with Gasteiger partial charge >= 0.3 is 0 Å². The number of nitrogens with zero attached hydrogens (tertiary/aromatic N) is 1. The van der Waals surface area contributed by atoms with Crippen molar-refractivity contribution in [1.82, 2.24) is 4.90 Å². The minimum atomic E-state index is -3.08. The summed E-state index contributed by atoms with van der Waals surface area (Å²) in [6.07, 6.45) is 3.48. The smallest absolute Gasteiger partial charge is 0.223 e. The van der Waals surface area contributed by atoms with E-state index in [1.54, 1.807) is 0 Å². The third-order valence-corrected chi connectivity index (χ3v) is 5.24. The van der Waals surface area contributed by atoms with Gasteiger partial charge in [-0.15, -0.1) is 0 Å². The molecule has 0 N–H and O–H groups in total. The van der Waals surface area contributed by atoms with E-state index in [0.717, 1.165) is 19.5 Å². The Kier molecular flexibility index (Phi) is 6.30. The van der Waals surface area contributed by atoms with Crippen LogP contribution in [0.4, 0.5) is 0 Å². The molecular weight excluding hydrogens is 262 g/mol. The molecule has 0 spiro atoms. The molecular formula is C14H27NO3S. The van der Waals surface area contributed by atoms with Crippen LogP contribution in [0.1, 0.15) is 46.5 Å². The van der Waals surface area contributed by atoms with Crippen LogP contribution in [0.25, 0.3) is 0 Å². The highest BCUT2D eigenvalue weighted by atomic mass is 32.2. The molecule has 112 valence electrons. The SMILES string of the molecule is CCCN(CC1CC1)C(=O)CCS(=O)(=O)CC(C)C. The number of amides is 1. The molecule has 5 heteroatoms. The van der Waals surface area contributed by atoms with Gasteiger partial charge in [-0.2, -0.15) is 0 Å². The Morgan fingerprint density at radius 1 is 1.32 bits per heavy atom. The first kappa shape index (κ1) is 16.5. The Morgan fingerprint density at radius 3 is 2.42 bits per heavy atom. The van der Waals surface area contributed by atoms with Gasteiger partial charge in [-0.1, -0.05) is 20.8 Å². The first-order valence-electron chi connectivity index (χ1n) is 7.32.